The number of hydrogen-bond acceptors (Lipinski definition) is 5. The number of aliphatic hydroxyl groups excluding tert-OH is 1. The molecule has 3 rings (SSSR count). The average molecular weight is 464 g/mol. The van der Waals surface area contributed by atoms with Gasteiger partial charge in [0.05, 0.1) is 12.1 Å². The number of benzene rings is 2. The minimum atomic E-state index is -4.51. The minimum absolute atomic E-state index is 0.0174. The van der Waals surface area contributed by atoms with Crippen LogP contribution in [0.25, 0.3) is 0 Å². The Kier molecular flexibility index (Phi) is 7.47. The maximum absolute atomic E-state index is 13.1. The number of urea groups is 1. The van der Waals surface area contributed by atoms with Crippen LogP contribution in [0, 0.1) is 0 Å². The highest BCUT2D eigenvalue weighted by atomic mass is 19.4. The first-order valence-electron chi connectivity index (χ1n) is 10.6. The molecule has 0 bridgehead atoms. The Labute approximate surface area is 191 Å². The Morgan fingerprint density at radius 3 is 2.42 bits per heavy atom. The maximum Gasteiger partial charge on any atom is 0.416 e. The summed E-state index contributed by atoms with van der Waals surface area (Å²) < 4.78 is 39.4. The van der Waals surface area contributed by atoms with E-state index in [2.05, 4.69) is 10.3 Å². The van der Waals surface area contributed by atoms with Crippen LogP contribution in [0.3, 0.4) is 0 Å². The normalized spacial score (nSPS) is 16.6. The number of anilines is 2. The van der Waals surface area contributed by atoms with Gasteiger partial charge in [-0.15, -0.1) is 0 Å². The van der Waals surface area contributed by atoms with Crippen molar-refractivity contribution in [3.8, 4) is 0 Å². The van der Waals surface area contributed by atoms with Gasteiger partial charge in [0.15, 0.2) is 0 Å². The van der Waals surface area contributed by atoms with Gasteiger partial charge in [0.25, 0.3) is 0 Å². The van der Waals surface area contributed by atoms with Crippen LogP contribution in [-0.4, -0.2) is 53.9 Å². The van der Waals surface area contributed by atoms with Gasteiger partial charge in [0, 0.05) is 32.0 Å². The van der Waals surface area contributed by atoms with Crippen molar-refractivity contribution in [2.45, 2.75) is 38.8 Å². The van der Waals surface area contributed by atoms with Crippen LogP contribution in [0.4, 0.5) is 29.3 Å². The summed E-state index contributed by atoms with van der Waals surface area (Å²) in [5.74, 6) is -0.0174. The lowest BCUT2D eigenvalue weighted by Crippen LogP contribution is -2.58. The first kappa shape index (κ1) is 24.4. The molecule has 0 aromatic heterocycles. The molecular weight excluding hydrogens is 435 g/mol. The molecule has 178 valence electrons. The van der Waals surface area contributed by atoms with Crippen molar-refractivity contribution in [1.82, 2.24) is 9.80 Å². The fraction of sp³-hybridized carbons (Fsp3) is 0.391. The third-order valence-corrected chi connectivity index (χ3v) is 5.28. The molecule has 0 aliphatic carbocycles. The molecule has 2 amide bonds. The predicted octanol–water partition coefficient (Wildman–Crippen LogP) is 4.55. The van der Waals surface area contributed by atoms with Crippen LogP contribution in [0.2, 0.25) is 0 Å². The Bertz CT molecular complexity index is 992. The van der Waals surface area contributed by atoms with Crippen LogP contribution >= 0.6 is 0 Å². The van der Waals surface area contributed by atoms with E-state index >= 15 is 0 Å². The second-order valence-corrected chi connectivity index (χ2v) is 8.00. The van der Waals surface area contributed by atoms with Crippen LogP contribution < -0.4 is 10.2 Å². The van der Waals surface area contributed by atoms with E-state index in [-0.39, 0.29) is 18.2 Å². The lowest BCUT2D eigenvalue weighted by molar-refractivity contribution is -0.137. The van der Waals surface area contributed by atoms with Gasteiger partial charge in [0.1, 0.15) is 0 Å². The fourth-order valence-electron chi connectivity index (χ4n) is 3.39. The van der Waals surface area contributed by atoms with E-state index in [0.29, 0.717) is 13.0 Å². The van der Waals surface area contributed by atoms with Crippen molar-refractivity contribution in [3.05, 3.63) is 59.7 Å². The number of alkyl halides is 3. The number of aliphatic hydroxyl groups is 1. The zero-order valence-corrected chi connectivity index (χ0v) is 18.8. The molecule has 0 radical (unpaired) electrons. The number of amides is 2. The second-order valence-electron chi connectivity index (χ2n) is 8.00. The molecule has 0 saturated carbocycles. The van der Waals surface area contributed by atoms with E-state index < -0.39 is 24.1 Å². The summed E-state index contributed by atoms with van der Waals surface area (Å²) in [4.78, 5) is 21.3. The van der Waals surface area contributed by atoms with E-state index in [4.69, 9.17) is 0 Å². The van der Waals surface area contributed by atoms with Crippen molar-refractivity contribution in [3.63, 3.8) is 0 Å². The average Bonchev–Trinajstić information content (AvgIpc) is 2.76. The SMILES string of the molecule is CCCCN1C(=O)N=C(Nc2cccc(C(F)(F)F)c2)N(Cc2ccc(N(C)C)cc2)C1O. The summed E-state index contributed by atoms with van der Waals surface area (Å²) in [7, 11) is 3.84. The van der Waals surface area contributed by atoms with Gasteiger partial charge in [-0.1, -0.05) is 31.5 Å². The number of rotatable bonds is 7. The summed E-state index contributed by atoms with van der Waals surface area (Å²) in [6.45, 7) is 2.47. The number of guanidine groups is 1. The molecule has 0 saturated heterocycles. The van der Waals surface area contributed by atoms with Crippen LogP contribution in [0.15, 0.2) is 53.5 Å². The van der Waals surface area contributed by atoms with Gasteiger partial charge in [-0.25, -0.2) is 4.79 Å². The highest BCUT2D eigenvalue weighted by Gasteiger charge is 2.35. The standard InChI is InChI=1S/C23H28F3N5O2/c1-4-5-13-30-21(32)28-20(27-18-8-6-7-17(14-18)23(24,25)26)31(22(30)33)15-16-9-11-19(12-10-16)29(2)3/h6-12,14,22,33H,4-5,13,15H2,1-3H3,(H,27,28,32). The number of aliphatic imine (C=N–C) groups is 1. The molecule has 0 spiro atoms. The molecule has 7 nitrogen and oxygen atoms in total. The lowest BCUT2D eigenvalue weighted by atomic mass is 10.2. The first-order chi connectivity index (χ1) is 15.6. The minimum Gasteiger partial charge on any atom is -0.378 e. The summed E-state index contributed by atoms with van der Waals surface area (Å²) in [6, 6.07) is 11.6. The Balaban J connectivity index is 1.91. The van der Waals surface area contributed by atoms with Crippen LogP contribution in [0.1, 0.15) is 30.9 Å². The van der Waals surface area contributed by atoms with Crippen molar-refractivity contribution in [2.24, 2.45) is 4.99 Å². The third-order valence-electron chi connectivity index (χ3n) is 5.28. The van der Waals surface area contributed by atoms with Gasteiger partial charge >= 0.3 is 12.2 Å². The quantitative estimate of drug-likeness (QED) is 0.630. The largest absolute Gasteiger partial charge is 0.416 e. The molecule has 1 unspecified atom stereocenters. The smallest absolute Gasteiger partial charge is 0.378 e. The molecule has 33 heavy (non-hydrogen) atoms. The summed E-state index contributed by atoms with van der Waals surface area (Å²) >= 11 is 0. The zero-order chi connectivity index (χ0) is 24.2. The first-order valence-corrected chi connectivity index (χ1v) is 10.6. The molecule has 1 aliphatic rings. The number of hydrogen-bond donors (Lipinski definition) is 2. The van der Waals surface area contributed by atoms with Gasteiger partial charge in [-0.3, -0.25) is 9.80 Å². The molecule has 2 aromatic carbocycles. The highest BCUT2D eigenvalue weighted by molar-refractivity contribution is 6.02. The molecule has 1 atom stereocenters. The molecule has 1 aliphatic heterocycles. The van der Waals surface area contributed by atoms with Gasteiger partial charge in [0.2, 0.25) is 12.3 Å². The second kappa shape index (κ2) is 10.1. The number of carbonyl (C=O) groups excluding carboxylic acids is 1. The van der Waals surface area contributed by atoms with Crippen molar-refractivity contribution in [2.75, 3.05) is 30.9 Å². The molecule has 2 N–H and O–H groups in total. The van der Waals surface area contributed by atoms with E-state index in [9.17, 15) is 23.1 Å². The van der Waals surface area contributed by atoms with Gasteiger partial charge in [-0.05, 0) is 42.3 Å². The molecular formula is C23H28F3N5O2. The van der Waals surface area contributed by atoms with Gasteiger partial charge < -0.3 is 15.3 Å². The van der Waals surface area contributed by atoms with E-state index in [1.807, 2.05) is 50.2 Å². The molecule has 2 aromatic rings. The molecule has 10 heteroatoms. The van der Waals surface area contributed by atoms with Crippen molar-refractivity contribution < 1.29 is 23.1 Å². The fourth-order valence-corrected chi connectivity index (χ4v) is 3.39. The summed E-state index contributed by atoms with van der Waals surface area (Å²) in [5.41, 5.74) is 1.11. The van der Waals surface area contributed by atoms with Crippen LogP contribution in [0.5, 0.6) is 0 Å². The van der Waals surface area contributed by atoms with E-state index in [1.165, 1.54) is 21.9 Å². The predicted molar refractivity (Wildman–Crippen MR) is 122 cm³/mol. The number of unbranched alkanes of at least 4 members (excludes halogenated alkanes) is 1. The van der Waals surface area contributed by atoms with E-state index in [0.717, 1.165) is 29.8 Å². The summed E-state index contributed by atoms with van der Waals surface area (Å²) in [6.07, 6.45) is -4.32. The summed E-state index contributed by atoms with van der Waals surface area (Å²) in [5, 5.41) is 13.8. The monoisotopic (exact) mass is 463 g/mol. The molecule has 1 heterocycles. The van der Waals surface area contributed by atoms with Crippen LogP contribution in [-0.2, 0) is 12.7 Å². The maximum atomic E-state index is 13.1. The number of halogens is 3. The Morgan fingerprint density at radius 1 is 1.12 bits per heavy atom. The number of carbonyl (C=O) groups is 1. The van der Waals surface area contributed by atoms with Crippen molar-refractivity contribution >= 4 is 23.4 Å². The Hall–Kier alpha value is -3.27. The van der Waals surface area contributed by atoms with Gasteiger partial charge in [-0.2, -0.15) is 18.2 Å². The number of nitrogens with zero attached hydrogens (tertiary/aromatic N) is 4. The van der Waals surface area contributed by atoms with Crippen molar-refractivity contribution in [1.29, 1.82) is 0 Å². The number of nitrogens with one attached hydrogen (secondary N) is 1. The van der Waals surface area contributed by atoms with E-state index in [1.54, 1.807) is 0 Å². The molecule has 0 fully saturated rings. The highest BCUT2D eigenvalue weighted by Crippen LogP contribution is 2.31. The Morgan fingerprint density at radius 2 is 1.82 bits per heavy atom. The third kappa shape index (κ3) is 5.95. The topological polar surface area (TPSA) is 71.4 Å². The zero-order valence-electron chi connectivity index (χ0n) is 18.8. The lowest BCUT2D eigenvalue weighted by Gasteiger charge is -2.40.